The number of fused-ring (bicyclic) bond motifs is 1. The largest absolute Gasteiger partial charge is 0.371 e. The number of anilines is 2. The molecule has 6 heteroatoms. The Morgan fingerprint density at radius 1 is 0.871 bits per heavy atom. The van der Waals surface area contributed by atoms with Crippen LogP contribution in [-0.4, -0.2) is 60.0 Å². The van der Waals surface area contributed by atoms with Crippen LogP contribution in [0.1, 0.15) is 18.4 Å². The third kappa shape index (κ3) is 4.07. The molecule has 0 aliphatic carbocycles. The number of amides is 1. The van der Waals surface area contributed by atoms with Crippen molar-refractivity contribution in [1.82, 2.24) is 14.9 Å². The number of aryl methyl sites for hydroxylation is 1. The average molecular weight is 416 g/mol. The summed E-state index contributed by atoms with van der Waals surface area (Å²) >= 11 is 0. The molecule has 1 aromatic carbocycles. The molecule has 2 aliphatic rings. The van der Waals surface area contributed by atoms with Gasteiger partial charge in [0.15, 0.2) is 0 Å². The molecule has 0 radical (unpaired) electrons. The van der Waals surface area contributed by atoms with Crippen molar-refractivity contribution in [2.75, 3.05) is 49.1 Å². The van der Waals surface area contributed by atoms with Crippen LogP contribution in [0.4, 0.5) is 11.5 Å². The lowest BCUT2D eigenvalue weighted by atomic mass is 9.94. The van der Waals surface area contributed by atoms with Crippen LogP contribution in [0.2, 0.25) is 0 Å². The van der Waals surface area contributed by atoms with E-state index in [9.17, 15) is 4.79 Å². The number of carbonyl (C=O) groups excluding carboxylic acids is 1. The van der Waals surface area contributed by atoms with Gasteiger partial charge in [0.05, 0.1) is 5.52 Å². The Kier molecular flexibility index (Phi) is 5.45. The van der Waals surface area contributed by atoms with Crippen molar-refractivity contribution >= 4 is 28.3 Å². The molecule has 5 rings (SSSR count). The van der Waals surface area contributed by atoms with E-state index in [2.05, 4.69) is 55.9 Å². The minimum Gasteiger partial charge on any atom is -0.371 e. The Bertz CT molecular complexity index is 1050. The number of carbonyl (C=O) groups is 1. The van der Waals surface area contributed by atoms with Gasteiger partial charge >= 0.3 is 0 Å². The molecular weight excluding hydrogens is 386 g/mol. The summed E-state index contributed by atoms with van der Waals surface area (Å²) in [4.78, 5) is 28.9. The molecule has 0 N–H and O–H groups in total. The van der Waals surface area contributed by atoms with Crippen LogP contribution < -0.4 is 9.80 Å². The molecule has 0 atom stereocenters. The number of piperidine rings is 1. The first-order chi connectivity index (χ1) is 15.2. The second kappa shape index (κ2) is 8.53. The Morgan fingerprint density at radius 3 is 2.42 bits per heavy atom. The topological polar surface area (TPSA) is 52.6 Å². The second-order valence-corrected chi connectivity index (χ2v) is 8.61. The van der Waals surface area contributed by atoms with Crippen molar-refractivity contribution in [3.8, 4) is 0 Å². The fourth-order valence-electron chi connectivity index (χ4n) is 4.84. The minimum atomic E-state index is 0.132. The highest BCUT2D eigenvalue weighted by atomic mass is 16.2. The van der Waals surface area contributed by atoms with Gasteiger partial charge in [0.2, 0.25) is 5.91 Å². The van der Waals surface area contributed by atoms with E-state index in [1.54, 1.807) is 0 Å². The monoisotopic (exact) mass is 415 g/mol. The maximum absolute atomic E-state index is 13.2. The number of hydrogen-bond donors (Lipinski definition) is 0. The summed E-state index contributed by atoms with van der Waals surface area (Å²) < 4.78 is 0. The molecule has 0 spiro atoms. The minimum absolute atomic E-state index is 0.132. The van der Waals surface area contributed by atoms with E-state index in [0.717, 1.165) is 63.4 Å². The van der Waals surface area contributed by atoms with Crippen molar-refractivity contribution in [3.63, 3.8) is 0 Å². The lowest BCUT2D eigenvalue weighted by Gasteiger charge is -2.39. The van der Waals surface area contributed by atoms with E-state index >= 15 is 0 Å². The highest BCUT2D eigenvalue weighted by Crippen LogP contribution is 2.30. The van der Waals surface area contributed by atoms with Gasteiger partial charge in [-0.25, -0.2) is 4.98 Å². The molecule has 2 aromatic heterocycles. The van der Waals surface area contributed by atoms with E-state index in [1.165, 1.54) is 16.6 Å². The first-order valence-electron chi connectivity index (χ1n) is 11.2. The zero-order valence-corrected chi connectivity index (χ0v) is 18.1. The fourth-order valence-corrected chi connectivity index (χ4v) is 4.84. The molecule has 0 bridgehead atoms. The summed E-state index contributed by atoms with van der Waals surface area (Å²) in [6.07, 6.45) is 5.54. The number of piperazine rings is 1. The predicted molar refractivity (Wildman–Crippen MR) is 124 cm³/mol. The molecule has 0 unspecified atom stereocenters. The van der Waals surface area contributed by atoms with Crippen LogP contribution in [0, 0.1) is 12.8 Å². The maximum atomic E-state index is 13.2. The second-order valence-electron chi connectivity index (χ2n) is 8.61. The Morgan fingerprint density at radius 2 is 1.68 bits per heavy atom. The van der Waals surface area contributed by atoms with Gasteiger partial charge in [0.25, 0.3) is 0 Å². The zero-order valence-electron chi connectivity index (χ0n) is 18.1. The molecule has 4 heterocycles. The molecule has 3 aromatic rings. The highest BCUT2D eigenvalue weighted by Gasteiger charge is 2.31. The normalized spacial score (nSPS) is 17.9. The molecule has 0 saturated carbocycles. The van der Waals surface area contributed by atoms with Crippen molar-refractivity contribution < 1.29 is 4.79 Å². The summed E-state index contributed by atoms with van der Waals surface area (Å²) in [5.41, 5.74) is 3.52. The molecular formula is C25H29N5O. The van der Waals surface area contributed by atoms with Crippen molar-refractivity contribution in [1.29, 1.82) is 0 Å². The number of nitrogens with zero attached hydrogens (tertiary/aromatic N) is 5. The average Bonchev–Trinajstić information content (AvgIpc) is 2.84. The summed E-state index contributed by atoms with van der Waals surface area (Å²) in [5, 5.41) is 1.21. The maximum Gasteiger partial charge on any atom is 0.225 e. The highest BCUT2D eigenvalue weighted by molar-refractivity contribution is 5.92. The third-order valence-corrected chi connectivity index (χ3v) is 6.62. The zero-order chi connectivity index (χ0) is 21.2. The van der Waals surface area contributed by atoms with Crippen molar-refractivity contribution in [2.24, 2.45) is 5.92 Å². The molecule has 2 aliphatic heterocycles. The van der Waals surface area contributed by atoms with Crippen LogP contribution in [0.5, 0.6) is 0 Å². The molecule has 2 saturated heterocycles. The van der Waals surface area contributed by atoms with E-state index < -0.39 is 0 Å². The molecule has 2 fully saturated rings. The SMILES string of the molecule is Cc1ccc2nccc(N3CCC(C(=O)N4CCN(c5ccccn5)CC4)CC3)c2c1. The fraction of sp³-hybridized carbons (Fsp3) is 0.400. The number of aromatic nitrogens is 2. The first kappa shape index (κ1) is 19.8. The van der Waals surface area contributed by atoms with E-state index in [-0.39, 0.29) is 5.92 Å². The summed E-state index contributed by atoms with van der Waals surface area (Å²) in [7, 11) is 0. The van der Waals surface area contributed by atoms with E-state index in [4.69, 9.17) is 0 Å². The van der Waals surface area contributed by atoms with Gasteiger partial charge in [0, 0.05) is 68.7 Å². The molecule has 160 valence electrons. The van der Waals surface area contributed by atoms with Crippen LogP contribution in [0.15, 0.2) is 54.9 Å². The third-order valence-electron chi connectivity index (χ3n) is 6.62. The van der Waals surface area contributed by atoms with Gasteiger partial charge in [-0.05, 0) is 50.1 Å². The summed E-state index contributed by atoms with van der Waals surface area (Å²) in [6, 6.07) is 14.5. The molecule has 31 heavy (non-hydrogen) atoms. The first-order valence-corrected chi connectivity index (χ1v) is 11.2. The van der Waals surface area contributed by atoms with Gasteiger partial charge in [-0.2, -0.15) is 0 Å². The standard InChI is InChI=1S/C25H29N5O/c1-19-5-6-22-21(18-19)23(7-11-26-22)28-12-8-20(9-13-28)25(31)30-16-14-29(15-17-30)24-4-2-3-10-27-24/h2-7,10-11,18,20H,8-9,12-17H2,1H3. The van der Waals surface area contributed by atoms with Crippen molar-refractivity contribution in [3.05, 3.63) is 60.4 Å². The lowest BCUT2D eigenvalue weighted by molar-refractivity contribution is -0.136. The van der Waals surface area contributed by atoms with Gasteiger partial charge < -0.3 is 14.7 Å². The number of pyridine rings is 2. The van der Waals surface area contributed by atoms with Crippen LogP contribution in [0.25, 0.3) is 10.9 Å². The smallest absolute Gasteiger partial charge is 0.225 e. The predicted octanol–water partition coefficient (Wildman–Crippen LogP) is 3.50. The Balaban J connectivity index is 1.20. The van der Waals surface area contributed by atoms with E-state index in [1.807, 2.05) is 30.6 Å². The van der Waals surface area contributed by atoms with Crippen LogP contribution in [0.3, 0.4) is 0 Å². The number of rotatable bonds is 3. The summed E-state index contributed by atoms with van der Waals surface area (Å²) in [6.45, 7) is 7.21. The molecule has 6 nitrogen and oxygen atoms in total. The quantitative estimate of drug-likeness (QED) is 0.655. The van der Waals surface area contributed by atoms with Crippen molar-refractivity contribution in [2.45, 2.75) is 19.8 Å². The molecule has 1 amide bonds. The van der Waals surface area contributed by atoms with E-state index in [0.29, 0.717) is 5.91 Å². The van der Waals surface area contributed by atoms with Gasteiger partial charge in [-0.15, -0.1) is 0 Å². The van der Waals surface area contributed by atoms with Gasteiger partial charge in [-0.1, -0.05) is 17.7 Å². The lowest BCUT2D eigenvalue weighted by Crippen LogP contribution is -2.51. The van der Waals surface area contributed by atoms with Gasteiger partial charge in [0.1, 0.15) is 5.82 Å². The Hall–Kier alpha value is -3.15. The van der Waals surface area contributed by atoms with Gasteiger partial charge in [-0.3, -0.25) is 9.78 Å². The Labute approximate surface area is 183 Å². The number of benzene rings is 1. The van der Waals surface area contributed by atoms with Crippen LogP contribution >= 0.6 is 0 Å². The summed E-state index contributed by atoms with van der Waals surface area (Å²) in [5.74, 6) is 1.46. The van der Waals surface area contributed by atoms with Crippen LogP contribution in [-0.2, 0) is 4.79 Å². The number of hydrogen-bond acceptors (Lipinski definition) is 5.